The lowest BCUT2D eigenvalue weighted by molar-refractivity contribution is 0.0696. The van der Waals surface area contributed by atoms with Crippen LogP contribution in [-0.4, -0.2) is 36.9 Å². The molecule has 0 radical (unpaired) electrons. The van der Waals surface area contributed by atoms with E-state index in [1.165, 1.54) is 16.4 Å². The van der Waals surface area contributed by atoms with Crippen LogP contribution in [0.4, 0.5) is 0 Å². The van der Waals surface area contributed by atoms with Gasteiger partial charge in [0, 0.05) is 13.1 Å². The first-order valence-electron chi connectivity index (χ1n) is 6.70. The molecule has 1 aromatic rings. The van der Waals surface area contributed by atoms with Gasteiger partial charge in [-0.2, -0.15) is 4.31 Å². The Morgan fingerprint density at radius 2 is 2.05 bits per heavy atom. The number of sulfonamides is 1. The Bertz CT molecular complexity index is 620. The molecule has 1 saturated carbocycles. The predicted molar refractivity (Wildman–Crippen MR) is 75.3 cm³/mol. The standard InChI is InChI=1S/C14H19NO4S/c1-3-15(9-11-5-6-11)20(18,19)13-8-12(14(16)17)7-4-10(13)2/h4,7-8,11H,3,5-6,9H2,1-2H3,(H,16,17). The van der Waals surface area contributed by atoms with Crippen LogP contribution in [-0.2, 0) is 10.0 Å². The summed E-state index contributed by atoms with van der Waals surface area (Å²) in [6.07, 6.45) is 2.14. The molecular formula is C14H19NO4S. The van der Waals surface area contributed by atoms with Gasteiger partial charge in [0.1, 0.15) is 0 Å². The van der Waals surface area contributed by atoms with Crippen LogP contribution in [0, 0.1) is 12.8 Å². The minimum atomic E-state index is -3.62. The SMILES string of the molecule is CCN(CC1CC1)S(=O)(=O)c1cc(C(=O)O)ccc1C. The molecule has 1 aliphatic rings. The van der Waals surface area contributed by atoms with Gasteiger partial charge in [0.2, 0.25) is 10.0 Å². The molecule has 5 nitrogen and oxygen atoms in total. The van der Waals surface area contributed by atoms with Crippen LogP contribution in [0.5, 0.6) is 0 Å². The smallest absolute Gasteiger partial charge is 0.335 e. The minimum Gasteiger partial charge on any atom is -0.478 e. The zero-order valence-corrected chi connectivity index (χ0v) is 12.5. The lowest BCUT2D eigenvalue weighted by Gasteiger charge is -2.21. The Hall–Kier alpha value is -1.40. The van der Waals surface area contributed by atoms with E-state index in [1.807, 2.05) is 0 Å². The van der Waals surface area contributed by atoms with Crippen molar-refractivity contribution in [3.05, 3.63) is 29.3 Å². The van der Waals surface area contributed by atoms with Crippen LogP contribution in [0.15, 0.2) is 23.1 Å². The average molecular weight is 297 g/mol. The normalized spacial score (nSPS) is 15.6. The summed E-state index contributed by atoms with van der Waals surface area (Å²) in [5, 5.41) is 9.01. The summed E-state index contributed by atoms with van der Waals surface area (Å²) in [7, 11) is -3.62. The largest absolute Gasteiger partial charge is 0.478 e. The van der Waals surface area contributed by atoms with Crippen LogP contribution >= 0.6 is 0 Å². The first-order valence-corrected chi connectivity index (χ1v) is 8.14. The molecule has 0 amide bonds. The van der Waals surface area contributed by atoms with Crippen molar-refractivity contribution in [2.75, 3.05) is 13.1 Å². The van der Waals surface area contributed by atoms with E-state index >= 15 is 0 Å². The van der Waals surface area contributed by atoms with E-state index in [0.717, 1.165) is 12.8 Å². The van der Waals surface area contributed by atoms with E-state index in [4.69, 9.17) is 5.11 Å². The molecule has 0 atom stereocenters. The lowest BCUT2D eigenvalue weighted by atomic mass is 10.1. The Balaban J connectivity index is 2.40. The first kappa shape index (κ1) is 15.0. The van der Waals surface area contributed by atoms with Crippen molar-refractivity contribution in [1.29, 1.82) is 0 Å². The van der Waals surface area contributed by atoms with Gasteiger partial charge < -0.3 is 5.11 Å². The van der Waals surface area contributed by atoms with Gasteiger partial charge in [0.25, 0.3) is 0 Å². The van der Waals surface area contributed by atoms with Crippen molar-refractivity contribution in [2.24, 2.45) is 5.92 Å². The zero-order valence-electron chi connectivity index (χ0n) is 11.7. The molecule has 1 N–H and O–H groups in total. The third-order valence-electron chi connectivity index (χ3n) is 3.56. The van der Waals surface area contributed by atoms with Crippen molar-refractivity contribution in [3.63, 3.8) is 0 Å². The number of rotatable bonds is 6. The molecule has 0 heterocycles. The topological polar surface area (TPSA) is 74.7 Å². The second-order valence-corrected chi connectivity index (χ2v) is 7.09. The second-order valence-electron chi connectivity index (χ2n) is 5.18. The highest BCUT2D eigenvalue weighted by Gasteiger charge is 2.31. The minimum absolute atomic E-state index is 0.00310. The molecule has 1 fully saturated rings. The fraction of sp³-hybridized carbons (Fsp3) is 0.500. The van der Waals surface area contributed by atoms with Crippen LogP contribution in [0.1, 0.15) is 35.7 Å². The Labute approximate surface area is 119 Å². The van der Waals surface area contributed by atoms with Gasteiger partial charge in [-0.1, -0.05) is 13.0 Å². The summed E-state index contributed by atoms with van der Waals surface area (Å²) in [5.41, 5.74) is 0.570. The van der Waals surface area contributed by atoms with Crippen molar-refractivity contribution < 1.29 is 18.3 Å². The highest BCUT2D eigenvalue weighted by Crippen LogP contribution is 2.32. The molecule has 0 unspecified atom stereocenters. The molecule has 1 aliphatic carbocycles. The predicted octanol–water partition coefficient (Wildman–Crippen LogP) is 2.11. The molecule has 0 aliphatic heterocycles. The summed E-state index contributed by atoms with van der Waals surface area (Å²) >= 11 is 0. The van der Waals surface area contributed by atoms with Gasteiger partial charge in [-0.05, 0) is 43.4 Å². The van der Waals surface area contributed by atoms with E-state index in [-0.39, 0.29) is 10.5 Å². The molecule has 0 saturated heterocycles. The van der Waals surface area contributed by atoms with E-state index in [0.29, 0.717) is 24.6 Å². The number of hydrogen-bond acceptors (Lipinski definition) is 3. The quantitative estimate of drug-likeness (QED) is 0.872. The van der Waals surface area contributed by atoms with Gasteiger partial charge in [-0.15, -0.1) is 0 Å². The Morgan fingerprint density at radius 3 is 2.55 bits per heavy atom. The maximum atomic E-state index is 12.7. The number of carboxylic acids is 1. The molecule has 1 aromatic carbocycles. The zero-order chi connectivity index (χ0) is 14.9. The van der Waals surface area contributed by atoms with Gasteiger partial charge in [0.15, 0.2) is 0 Å². The number of aromatic carboxylic acids is 1. The van der Waals surface area contributed by atoms with Crippen LogP contribution in [0.25, 0.3) is 0 Å². The van der Waals surface area contributed by atoms with Gasteiger partial charge in [-0.25, -0.2) is 13.2 Å². The van der Waals surface area contributed by atoms with Crippen molar-refractivity contribution in [3.8, 4) is 0 Å². The van der Waals surface area contributed by atoms with Crippen LogP contribution < -0.4 is 0 Å². The fourth-order valence-electron chi connectivity index (χ4n) is 2.14. The van der Waals surface area contributed by atoms with Crippen molar-refractivity contribution >= 4 is 16.0 Å². The average Bonchev–Trinajstić information content (AvgIpc) is 3.19. The van der Waals surface area contributed by atoms with Crippen LogP contribution in [0.3, 0.4) is 0 Å². The maximum absolute atomic E-state index is 12.7. The molecule has 6 heteroatoms. The summed E-state index contributed by atoms with van der Waals surface area (Å²) in [6, 6.07) is 4.22. The lowest BCUT2D eigenvalue weighted by Crippen LogP contribution is -2.33. The van der Waals surface area contributed by atoms with E-state index in [9.17, 15) is 13.2 Å². The highest BCUT2D eigenvalue weighted by atomic mass is 32.2. The molecule has 2 rings (SSSR count). The fourth-order valence-corrected chi connectivity index (χ4v) is 3.91. The van der Waals surface area contributed by atoms with Crippen molar-refractivity contribution in [1.82, 2.24) is 4.31 Å². The molecule has 0 aromatic heterocycles. The second kappa shape index (κ2) is 5.54. The van der Waals surface area contributed by atoms with Crippen LogP contribution in [0.2, 0.25) is 0 Å². The van der Waals surface area contributed by atoms with E-state index in [2.05, 4.69) is 0 Å². The Morgan fingerprint density at radius 1 is 1.40 bits per heavy atom. The monoisotopic (exact) mass is 297 g/mol. The molecular weight excluding hydrogens is 278 g/mol. The molecule has 0 bridgehead atoms. The third kappa shape index (κ3) is 3.02. The van der Waals surface area contributed by atoms with Gasteiger partial charge in [-0.3, -0.25) is 0 Å². The summed E-state index contributed by atoms with van der Waals surface area (Å²) in [5.74, 6) is -0.667. The van der Waals surface area contributed by atoms with Gasteiger partial charge >= 0.3 is 5.97 Å². The number of aryl methyl sites for hydroxylation is 1. The summed E-state index contributed by atoms with van der Waals surface area (Å²) in [6.45, 7) is 4.41. The highest BCUT2D eigenvalue weighted by molar-refractivity contribution is 7.89. The van der Waals surface area contributed by atoms with E-state index < -0.39 is 16.0 Å². The number of carbonyl (C=O) groups is 1. The summed E-state index contributed by atoms with van der Waals surface area (Å²) < 4.78 is 26.8. The number of nitrogens with zero attached hydrogens (tertiary/aromatic N) is 1. The van der Waals surface area contributed by atoms with Crippen molar-refractivity contribution in [2.45, 2.75) is 31.6 Å². The molecule has 0 spiro atoms. The summed E-state index contributed by atoms with van der Waals surface area (Å²) in [4.78, 5) is 11.1. The third-order valence-corrected chi connectivity index (χ3v) is 5.65. The Kier molecular flexibility index (Phi) is 4.15. The molecule has 110 valence electrons. The number of carboxylic acid groups (broad SMARTS) is 1. The first-order chi connectivity index (χ1) is 9.36. The van der Waals surface area contributed by atoms with Gasteiger partial charge in [0.05, 0.1) is 10.5 Å². The maximum Gasteiger partial charge on any atom is 0.335 e. The number of benzene rings is 1. The van der Waals surface area contributed by atoms with E-state index in [1.54, 1.807) is 19.9 Å². The molecule has 20 heavy (non-hydrogen) atoms. The number of hydrogen-bond donors (Lipinski definition) is 1.